The Labute approximate surface area is 150 Å². The molecule has 25 heavy (non-hydrogen) atoms. The summed E-state index contributed by atoms with van der Waals surface area (Å²) in [5.41, 5.74) is 0.256. The van der Waals surface area contributed by atoms with E-state index in [1.807, 2.05) is 0 Å². The van der Waals surface area contributed by atoms with Gasteiger partial charge in [-0.15, -0.1) is 0 Å². The first-order valence-electron chi connectivity index (χ1n) is 9.05. The predicted molar refractivity (Wildman–Crippen MR) is 96.8 cm³/mol. The number of likely N-dealkylation sites (N-methyl/N-ethyl adjacent to an activating group) is 1. The van der Waals surface area contributed by atoms with Crippen LogP contribution in [0.5, 0.6) is 5.88 Å². The van der Waals surface area contributed by atoms with E-state index in [0.29, 0.717) is 18.2 Å². The van der Waals surface area contributed by atoms with Crippen LogP contribution in [0, 0.1) is 5.41 Å². The molecule has 0 radical (unpaired) electrons. The number of carbonyl (C=O) groups excluding carboxylic acids is 1. The number of amides is 1. The van der Waals surface area contributed by atoms with Crippen LogP contribution in [-0.4, -0.2) is 79.6 Å². The third-order valence-corrected chi connectivity index (χ3v) is 5.53. The van der Waals surface area contributed by atoms with Gasteiger partial charge in [0.25, 0.3) is 5.88 Å². The van der Waals surface area contributed by atoms with E-state index in [-0.39, 0.29) is 5.41 Å². The molecule has 1 spiro atoms. The van der Waals surface area contributed by atoms with Crippen LogP contribution >= 0.6 is 0 Å². The van der Waals surface area contributed by atoms with E-state index >= 15 is 0 Å². The standard InChI is InChI=1S/C18H29N5O2/c1-21(2)12-13-23-14-18(5-4-15(23)24)6-10-22(11-7-18)16-17(25-3)20-9-8-19-16/h8-9H,4-7,10-14H2,1-3H3. The van der Waals surface area contributed by atoms with Gasteiger partial charge >= 0.3 is 0 Å². The molecule has 1 aromatic heterocycles. The number of hydrogen-bond acceptors (Lipinski definition) is 6. The van der Waals surface area contributed by atoms with Crippen LogP contribution < -0.4 is 9.64 Å². The van der Waals surface area contributed by atoms with Crippen molar-refractivity contribution in [3.8, 4) is 5.88 Å². The van der Waals surface area contributed by atoms with E-state index in [9.17, 15) is 4.79 Å². The van der Waals surface area contributed by atoms with Crippen LogP contribution in [0.25, 0.3) is 0 Å². The number of aromatic nitrogens is 2. The number of nitrogens with zero attached hydrogens (tertiary/aromatic N) is 5. The molecule has 2 saturated heterocycles. The fourth-order valence-electron chi connectivity index (χ4n) is 3.91. The number of anilines is 1. The summed E-state index contributed by atoms with van der Waals surface area (Å²) in [7, 11) is 5.74. The van der Waals surface area contributed by atoms with Crippen LogP contribution in [0.15, 0.2) is 12.4 Å². The Kier molecular flexibility index (Phi) is 5.42. The molecule has 3 heterocycles. The summed E-state index contributed by atoms with van der Waals surface area (Å²) in [5.74, 6) is 1.73. The second kappa shape index (κ2) is 7.56. The third kappa shape index (κ3) is 4.03. The van der Waals surface area contributed by atoms with Gasteiger partial charge in [-0.1, -0.05) is 0 Å². The molecule has 2 aliphatic heterocycles. The van der Waals surface area contributed by atoms with Crippen LogP contribution in [-0.2, 0) is 4.79 Å². The minimum absolute atomic E-state index is 0.256. The monoisotopic (exact) mass is 347 g/mol. The van der Waals surface area contributed by atoms with Crippen molar-refractivity contribution in [2.75, 3.05) is 58.8 Å². The summed E-state index contributed by atoms with van der Waals surface area (Å²) in [4.78, 5) is 27.4. The SMILES string of the molecule is COc1nccnc1N1CCC2(CCC(=O)N(CCN(C)C)C2)CC1. The zero-order valence-corrected chi connectivity index (χ0v) is 15.6. The van der Waals surface area contributed by atoms with Crippen molar-refractivity contribution in [2.45, 2.75) is 25.7 Å². The topological polar surface area (TPSA) is 61.8 Å². The molecule has 7 nitrogen and oxygen atoms in total. The first kappa shape index (κ1) is 17.9. The van der Waals surface area contributed by atoms with Crippen molar-refractivity contribution < 1.29 is 9.53 Å². The van der Waals surface area contributed by atoms with Gasteiger partial charge in [0.2, 0.25) is 5.91 Å². The van der Waals surface area contributed by atoms with E-state index in [2.05, 4.69) is 38.8 Å². The smallest absolute Gasteiger partial charge is 0.257 e. The molecule has 2 fully saturated rings. The fraction of sp³-hybridized carbons (Fsp3) is 0.722. The van der Waals surface area contributed by atoms with Gasteiger partial charge in [0.15, 0.2) is 5.82 Å². The van der Waals surface area contributed by atoms with Crippen LogP contribution in [0.1, 0.15) is 25.7 Å². The van der Waals surface area contributed by atoms with Gasteiger partial charge in [0.05, 0.1) is 7.11 Å². The zero-order chi connectivity index (χ0) is 17.9. The Morgan fingerprint density at radius 3 is 2.60 bits per heavy atom. The normalized spacial score (nSPS) is 20.4. The number of methoxy groups -OCH3 is 1. The molecule has 0 aliphatic carbocycles. The number of likely N-dealkylation sites (tertiary alicyclic amines) is 1. The quantitative estimate of drug-likeness (QED) is 0.799. The van der Waals surface area contributed by atoms with Crippen molar-refractivity contribution in [3.05, 3.63) is 12.4 Å². The number of ether oxygens (including phenoxy) is 1. The Balaban J connectivity index is 1.63. The van der Waals surface area contributed by atoms with E-state index in [0.717, 1.165) is 57.8 Å². The number of piperidine rings is 2. The lowest BCUT2D eigenvalue weighted by Crippen LogP contribution is -2.52. The molecule has 1 amide bonds. The molecule has 2 aliphatic rings. The molecule has 0 bridgehead atoms. The summed E-state index contributed by atoms with van der Waals surface area (Å²) in [6.45, 7) is 4.51. The van der Waals surface area contributed by atoms with Gasteiger partial charge in [0.1, 0.15) is 0 Å². The van der Waals surface area contributed by atoms with Gasteiger partial charge in [-0.05, 0) is 38.8 Å². The molecular weight excluding hydrogens is 318 g/mol. The highest BCUT2D eigenvalue weighted by Crippen LogP contribution is 2.41. The van der Waals surface area contributed by atoms with Gasteiger partial charge in [-0.2, -0.15) is 0 Å². The second-order valence-corrected chi connectivity index (χ2v) is 7.49. The lowest BCUT2D eigenvalue weighted by atomic mass is 9.72. The molecule has 1 aromatic rings. The highest BCUT2D eigenvalue weighted by molar-refractivity contribution is 5.77. The predicted octanol–water partition coefficient (Wildman–Crippen LogP) is 1.26. The molecule has 0 saturated carbocycles. The lowest BCUT2D eigenvalue weighted by molar-refractivity contribution is -0.138. The van der Waals surface area contributed by atoms with Gasteiger partial charge in [-0.25, -0.2) is 9.97 Å². The Morgan fingerprint density at radius 1 is 1.20 bits per heavy atom. The molecule has 0 unspecified atom stereocenters. The first-order valence-corrected chi connectivity index (χ1v) is 9.05. The van der Waals surface area contributed by atoms with Gasteiger partial charge in [0, 0.05) is 51.5 Å². The van der Waals surface area contributed by atoms with E-state index < -0.39 is 0 Å². The van der Waals surface area contributed by atoms with Crippen LogP contribution in [0.4, 0.5) is 5.82 Å². The summed E-state index contributed by atoms with van der Waals surface area (Å²) >= 11 is 0. The average molecular weight is 347 g/mol. The Morgan fingerprint density at radius 2 is 1.92 bits per heavy atom. The summed E-state index contributed by atoms with van der Waals surface area (Å²) < 4.78 is 5.35. The first-order chi connectivity index (χ1) is 12.0. The van der Waals surface area contributed by atoms with Crippen LogP contribution in [0.3, 0.4) is 0 Å². The number of rotatable bonds is 5. The van der Waals surface area contributed by atoms with Crippen molar-refractivity contribution >= 4 is 11.7 Å². The van der Waals surface area contributed by atoms with Crippen molar-refractivity contribution in [1.29, 1.82) is 0 Å². The maximum atomic E-state index is 12.3. The van der Waals surface area contributed by atoms with E-state index in [1.54, 1.807) is 19.5 Å². The third-order valence-electron chi connectivity index (χ3n) is 5.53. The zero-order valence-electron chi connectivity index (χ0n) is 15.6. The molecule has 3 rings (SSSR count). The van der Waals surface area contributed by atoms with Gasteiger partial charge < -0.3 is 19.4 Å². The molecular formula is C18H29N5O2. The molecule has 138 valence electrons. The number of carbonyl (C=O) groups is 1. The van der Waals surface area contributed by atoms with Crippen molar-refractivity contribution in [1.82, 2.24) is 19.8 Å². The second-order valence-electron chi connectivity index (χ2n) is 7.49. The molecule has 7 heteroatoms. The fourth-order valence-corrected chi connectivity index (χ4v) is 3.91. The average Bonchev–Trinajstić information content (AvgIpc) is 2.63. The van der Waals surface area contributed by atoms with E-state index in [4.69, 9.17) is 4.74 Å². The Bertz CT molecular complexity index is 599. The summed E-state index contributed by atoms with van der Waals surface area (Å²) in [6, 6.07) is 0. The minimum atomic E-state index is 0.256. The summed E-state index contributed by atoms with van der Waals surface area (Å²) in [6.07, 6.45) is 7.22. The maximum Gasteiger partial charge on any atom is 0.257 e. The van der Waals surface area contributed by atoms with Crippen molar-refractivity contribution in [2.24, 2.45) is 5.41 Å². The lowest BCUT2D eigenvalue weighted by Gasteiger charge is -2.47. The molecule has 0 atom stereocenters. The van der Waals surface area contributed by atoms with Crippen molar-refractivity contribution in [3.63, 3.8) is 0 Å². The maximum absolute atomic E-state index is 12.3. The van der Waals surface area contributed by atoms with Crippen LogP contribution in [0.2, 0.25) is 0 Å². The molecule has 0 N–H and O–H groups in total. The minimum Gasteiger partial charge on any atom is -0.478 e. The highest BCUT2D eigenvalue weighted by atomic mass is 16.5. The molecule has 0 aromatic carbocycles. The van der Waals surface area contributed by atoms with E-state index in [1.165, 1.54) is 0 Å². The largest absolute Gasteiger partial charge is 0.478 e. The summed E-state index contributed by atoms with van der Waals surface area (Å²) in [5, 5.41) is 0. The van der Waals surface area contributed by atoms with Gasteiger partial charge in [-0.3, -0.25) is 4.79 Å². The Hall–Kier alpha value is -1.89. The highest BCUT2D eigenvalue weighted by Gasteiger charge is 2.41. The number of hydrogen-bond donors (Lipinski definition) is 0.